The Morgan fingerprint density at radius 3 is 2.70 bits per heavy atom. The van der Waals surface area contributed by atoms with E-state index in [-0.39, 0.29) is 18.5 Å². The summed E-state index contributed by atoms with van der Waals surface area (Å²) in [6.07, 6.45) is 6.88. The van der Waals surface area contributed by atoms with E-state index >= 15 is 0 Å². The van der Waals surface area contributed by atoms with Gasteiger partial charge in [-0.3, -0.25) is 4.90 Å². The highest BCUT2D eigenvalue weighted by molar-refractivity contribution is 6.31. The van der Waals surface area contributed by atoms with Crippen molar-refractivity contribution in [3.05, 3.63) is 87.8 Å². The van der Waals surface area contributed by atoms with Crippen molar-refractivity contribution in [2.24, 2.45) is 11.7 Å². The number of H-pyrrole nitrogens is 1. The average molecular weight is 542 g/mol. The number of nitrogens with zero attached hydrogens (tertiary/aromatic N) is 1. The van der Waals surface area contributed by atoms with Crippen molar-refractivity contribution in [2.45, 2.75) is 31.4 Å². The second-order valence-corrected chi connectivity index (χ2v) is 10.2. The average Bonchev–Trinajstić information content (AvgIpc) is 3.27. The lowest BCUT2D eigenvalue weighted by molar-refractivity contribution is 0.109. The number of rotatable bonds is 7. The summed E-state index contributed by atoms with van der Waals surface area (Å²) in [5, 5.41) is 12.0. The van der Waals surface area contributed by atoms with Gasteiger partial charge in [0.25, 0.3) is 0 Å². The molecule has 7 nitrogen and oxygen atoms in total. The van der Waals surface area contributed by atoms with Crippen LogP contribution in [0.25, 0.3) is 10.9 Å². The number of aromatic amines is 1. The molecule has 5 rings (SSSR count). The summed E-state index contributed by atoms with van der Waals surface area (Å²) in [5.41, 5.74) is 8.63. The highest BCUT2D eigenvalue weighted by Crippen LogP contribution is 2.42. The zero-order valence-electron chi connectivity index (χ0n) is 20.2. The van der Waals surface area contributed by atoms with Gasteiger partial charge in [0.05, 0.1) is 18.8 Å². The maximum absolute atomic E-state index is 13.4. The molecule has 0 bridgehead atoms. The first kappa shape index (κ1) is 25.7. The first-order valence-electron chi connectivity index (χ1n) is 12.4. The molecular weight excluding hydrogens is 513 g/mol. The molecule has 0 saturated carbocycles. The number of hydrogen-bond acceptors (Lipinski definition) is 5. The third kappa shape index (κ3) is 5.65. The predicted octanol–water partition coefficient (Wildman–Crippen LogP) is 5.76. The second kappa shape index (κ2) is 11.2. The number of aliphatic hydroxyl groups is 1. The maximum atomic E-state index is 13.4. The Kier molecular flexibility index (Phi) is 7.76. The predicted molar refractivity (Wildman–Crippen MR) is 145 cm³/mol. The van der Waals surface area contributed by atoms with Gasteiger partial charge in [-0.25, -0.2) is 4.79 Å². The van der Waals surface area contributed by atoms with Gasteiger partial charge >= 0.3 is 6.09 Å². The van der Waals surface area contributed by atoms with Crippen LogP contribution in [0.1, 0.15) is 30.1 Å². The molecule has 0 fully saturated rings. The van der Waals surface area contributed by atoms with Crippen LogP contribution in [0.5, 0.6) is 5.75 Å². The van der Waals surface area contributed by atoms with Gasteiger partial charge < -0.3 is 25.3 Å². The largest absolute Gasteiger partial charge is 0.494 e. The highest BCUT2D eigenvalue weighted by atomic mass is 35.5. The zero-order valence-corrected chi connectivity index (χ0v) is 21.7. The van der Waals surface area contributed by atoms with E-state index in [1.165, 1.54) is 5.56 Å². The molecule has 0 saturated heterocycles. The fourth-order valence-corrected chi connectivity index (χ4v) is 5.29. The maximum Gasteiger partial charge on any atom is 0.415 e. The molecule has 2 unspecified atom stereocenters. The molecule has 194 valence electrons. The molecule has 1 aliphatic carbocycles. The molecule has 2 heterocycles. The molecule has 4 N–H and O–H groups in total. The van der Waals surface area contributed by atoms with Gasteiger partial charge in [0.2, 0.25) is 0 Å². The molecule has 3 atom stereocenters. The van der Waals surface area contributed by atoms with Crippen LogP contribution in [0, 0.1) is 5.92 Å². The summed E-state index contributed by atoms with van der Waals surface area (Å²) in [4.78, 5) is 18.8. The lowest BCUT2D eigenvalue weighted by Gasteiger charge is -2.39. The van der Waals surface area contributed by atoms with Gasteiger partial charge in [-0.05, 0) is 73.0 Å². The first-order chi connectivity index (χ1) is 17.9. The Hall–Kier alpha value is -2.97. The number of aliphatic hydroxyl groups excluding tert-OH is 1. The van der Waals surface area contributed by atoms with Crippen molar-refractivity contribution in [1.29, 1.82) is 0 Å². The number of aromatic nitrogens is 1. The normalized spacial score (nSPS) is 19.9. The molecule has 2 aliphatic rings. The number of hydrogen-bond donors (Lipinski definition) is 3. The van der Waals surface area contributed by atoms with Crippen molar-refractivity contribution in [3.8, 4) is 5.75 Å². The molecule has 37 heavy (non-hydrogen) atoms. The van der Waals surface area contributed by atoms with Gasteiger partial charge in [0, 0.05) is 52.1 Å². The Morgan fingerprint density at radius 2 is 1.97 bits per heavy atom. The Balaban J connectivity index is 1.41. The fraction of sp³-hybridized carbons (Fsp3) is 0.321. The molecule has 1 aromatic heterocycles. The van der Waals surface area contributed by atoms with Crippen molar-refractivity contribution in [2.75, 3.05) is 19.7 Å². The number of amides is 1. The molecule has 1 aliphatic heterocycles. The number of fused-ring (bicyclic) bond motifs is 3. The summed E-state index contributed by atoms with van der Waals surface area (Å²) in [6, 6.07) is 12.3. The van der Waals surface area contributed by atoms with Crippen molar-refractivity contribution in [1.82, 2.24) is 9.88 Å². The van der Waals surface area contributed by atoms with Gasteiger partial charge in [-0.1, -0.05) is 29.3 Å². The second-order valence-electron chi connectivity index (χ2n) is 9.31. The first-order valence-corrected chi connectivity index (χ1v) is 13.1. The Labute approximate surface area is 225 Å². The van der Waals surface area contributed by atoms with Crippen LogP contribution in [0.2, 0.25) is 10.0 Å². The van der Waals surface area contributed by atoms with Crippen LogP contribution in [0.15, 0.2) is 66.5 Å². The number of carbonyl (C=O) groups excluding carboxylic acids is 1. The number of carbonyl (C=O) groups is 1. The molecule has 9 heteroatoms. The van der Waals surface area contributed by atoms with Crippen LogP contribution in [-0.4, -0.2) is 46.9 Å². The SMILES string of the molecule is NCC(O)CCOC1=CCC([C@H]2c3[nH]c4ccc(Cl)cc4c3CCN2C(=O)Oc2ccc(Cl)cc2)C=C1. The van der Waals surface area contributed by atoms with Crippen LogP contribution in [-0.2, 0) is 11.2 Å². The van der Waals surface area contributed by atoms with Crippen molar-refractivity contribution >= 4 is 40.2 Å². The van der Waals surface area contributed by atoms with E-state index in [1.54, 1.807) is 29.2 Å². The topological polar surface area (TPSA) is 101 Å². The van der Waals surface area contributed by atoms with E-state index < -0.39 is 12.2 Å². The number of benzene rings is 2. The van der Waals surface area contributed by atoms with E-state index in [0.29, 0.717) is 48.2 Å². The van der Waals surface area contributed by atoms with Crippen LogP contribution >= 0.6 is 23.2 Å². The van der Waals surface area contributed by atoms with Gasteiger partial charge in [0.15, 0.2) is 0 Å². The summed E-state index contributed by atoms with van der Waals surface area (Å²) in [5.74, 6) is 1.19. The van der Waals surface area contributed by atoms with E-state index in [9.17, 15) is 9.90 Å². The van der Waals surface area contributed by atoms with Crippen molar-refractivity contribution in [3.63, 3.8) is 0 Å². The minimum atomic E-state index is -0.572. The zero-order chi connectivity index (χ0) is 25.9. The number of nitrogens with one attached hydrogen (secondary N) is 1. The molecular formula is C28H29Cl2N3O4. The standard InChI is InChI=1S/C28H29Cl2N3O4/c29-18-3-8-22(9-4-18)37-28(35)33-13-11-23-24-15-19(30)5-10-25(24)32-26(23)27(33)17-1-6-21(7-2-17)36-14-12-20(34)16-31/h1,3-10,15,17,20,27,32,34H,2,11-14,16,31H2/t17?,20?,27-/m0/s1. The molecule has 2 aromatic carbocycles. The number of ether oxygens (including phenoxy) is 2. The van der Waals surface area contributed by atoms with E-state index in [0.717, 1.165) is 22.4 Å². The molecule has 1 amide bonds. The third-order valence-electron chi connectivity index (χ3n) is 6.89. The fourth-order valence-electron chi connectivity index (χ4n) is 4.99. The van der Waals surface area contributed by atoms with E-state index in [1.807, 2.05) is 30.4 Å². The highest BCUT2D eigenvalue weighted by Gasteiger charge is 2.39. The van der Waals surface area contributed by atoms with Crippen LogP contribution < -0.4 is 10.5 Å². The van der Waals surface area contributed by atoms with Crippen molar-refractivity contribution < 1.29 is 19.4 Å². The summed E-state index contributed by atoms with van der Waals surface area (Å²) < 4.78 is 11.5. The van der Waals surface area contributed by atoms with E-state index in [2.05, 4.69) is 11.1 Å². The Morgan fingerprint density at radius 1 is 1.19 bits per heavy atom. The number of allylic oxidation sites excluding steroid dienone is 2. The monoisotopic (exact) mass is 541 g/mol. The smallest absolute Gasteiger partial charge is 0.415 e. The molecule has 0 spiro atoms. The summed E-state index contributed by atoms with van der Waals surface area (Å²) in [7, 11) is 0. The summed E-state index contributed by atoms with van der Waals surface area (Å²) >= 11 is 12.3. The molecule has 3 aromatic rings. The lowest BCUT2D eigenvalue weighted by atomic mass is 9.84. The summed E-state index contributed by atoms with van der Waals surface area (Å²) in [6.45, 7) is 1.11. The number of nitrogens with two attached hydrogens (primary N) is 1. The third-order valence-corrected chi connectivity index (χ3v) is 7.37. The molecule has 0 radical (unpaired) electrons. The number of halogens is 2. The minimum absolute atomic E-state index is 0.00216. The van der Waals surface area contributed by atoms with Gasteiger partial charge in [0.1, 0.15) is 11.5 Å². The van der Waals surface area contributed by atoms with Crippen LogP contribution in [0.4, 0.5) is 4.79 Å². The lowest BCUT2D eigenvalue weighted by Crippen LogP contribution is -2.44. The van der Waals surface area contributed by atoms with E-state index in [4.69, 9.17) is 38.4 Å². The Bertz CT molecular complexity index is 1340. The quantitative estimate of drug-likeness (QED) is 0.353. The van der Waals surface area contributed by atoms with Gasteiger partial charge in [-0.2, -0.15) is 0 Å². The van der Waals surface area contributed by atoms with Crippen LogP contribution in [0.3, 0.4) is 0 Å². The van der Waals surface area contributed by atoms with Gasteiger partial charge in [-0.15, -0.1) is 0 Å². The minimum Gasteiger partial charge on any atom is -0.494 e.